The highest BCUT2D eigenvalue weighted by atomic mass is 32.1. The molecule has 1 aromatic heterocycles. The lowest BCUT2D eigenvalue weighted by atomic mass is 10.2. The molecule has 0 saturated heterocycles. The summed E-state index contributed by atoms with van der Waals surface area (Å²) in [6.45, 7) is 3.94. The maximum Gasteiger partial charge on any atom is 0.347 e. The van der Waals surface area contributed by atoms with E-state index in [0.717, 1.165) is 29.0 Å². The van der Waals surface area contributed by atoms with Crippen LogP contribution < -0.4 is 5.32 Å². The van der Waals surface area contributed by atoms with Gasteiger partial charge in [-0.15, -0.1) is 11.3 Å². The fourth-order valence-corrected chi connectivity index (χ4v) is 2.98. The highest BCUT2D eigenvalue weighted by molar-refractivity contribution is 7.13. The van der Waals surface area contributed by atoms with E-state index in [0.29, 0.717) is 17.1 Å². The summed E-state index contributed by atoms with van der Waals surface area (Å²) in [5, 5.41) is 12.5. The van der Waals surface area contributed by atoms with E-state index in [9.17, 15) is 14.7 Å². The number of nitrogens with zero attached hydrogens (tertiary/aromatic N) is 1. The molecule has 0 spiro atoms. The number of carbonyl (C=O) groups is 2. The van der Waals surface area contributed by atoms with E-state index < -0.39 is 5.97 Å². The van der Waals surface area contributed by atoms with Gasteiger partial charge in [0.25, 0.3) is 0 Å². The fourth-order valence-electron chi connectivity index (χ4n) is 2.03. The van der Waals surface area contributed by atoms with Crippen LogP contribution in [0.25, 0.3) is 0 Å². The van der Waals surface area contributed by atoms with Gasteiger partial charge in [0.15, 0.2) is 0 Å². The van der Waals surface area contributed by atoms with Crippen molar-refractivity contribution in [1.29, 1.82) is 0 Å². The molecule has 0 fully saturated rings. The number of carboxylic acids is 1. The van der Waals surface area contributed by atoms with Gasteiger partial charge < -0.3 is 10.4 Å². The van der Waals surface area contributed by atoms with Crippen molar-refractivity contribution < 1.29 is 14.7 Å². The van der Waals surface area contributed by atoms with Crippen molar-refractivity contribution in [2.45, 2.75) is 33.1 Å². The highest BCUT2D eigenvalue weighted by Crippen LogP contribution is 2.21. The molecule has 2 rings (SSSR count). The molecule has 1 heterocycles. The largest absolute Gasteiger partial charge is 0.477 e. The van der Waals surface area contributed by atoms with Crippen molar-refractivity contribution in [2.75, 3.05) is 5.32 Å². The number of carbonyl (C=O) groups excluding carboxylic acids is 1. The average molecular weight is 318 g/mol. The van der Waals surface area contributed by atoms with Crippen LogP contribution in [-0.2, 0) is 17.6 Å². The zero-order chi connectivity index (χ0) is 16.1. The van der Waals surface area contributed by atoms with Gasteiger partial charge in [-0.05, 0) is 25.5 Å². The van der Waals surface area contributed by atoms with Gasteiger partial charge >= 0.3 is 5.97 Å². The summed E-state index contributed by atoms with van der Waals surface area (Å²) < 4.78 is 0. The topological polar surface area (TPSA) is 79.3 Å². The monoisotopic (exact) mass is 318 g/mol. The van der Waals surface area contributed by atoms with Gasteiger partial charge in [0.2, 0.25) is 5.91 Å². The molecule has 0 radical (unpaired) electrons. The van der Waals surface area contributed by atoms with E-state index in [1.807, 2.05) is 38.1 Å². The quantitative estimate of drug-likeness (QED) is 0.856. The second-order valence-electron chi connectivity index (χ2n) is 5.03. The fraction of sp³-hybridized carbons (Fsp3) is 0.312. The highest BCUT2D eigenvalue weighted by Gasteiger charge is 2.18. The maximum absolute atomic E-state index is 12.0. The predicted molar refractivity (Wildman–Crippen MR) is 86.6 cm³/mol. The van der Waals surface area contributed by atoms with Crippen LogP contribution in [0.5, 0.6) is 0 Å². The first-order valence-corrected chi connectivity index (χ1v) is 7.89. The molecular formula is C16H18N2O3S. The molecule has 6 heteroatoms. The second-order valence-corrected chi connectivity index (χ2v) is 6.11. The van der Waals surface area contributed by atoms with Crippen LogP contribution >= 0.6 is 11.3 Å². The number of amides is 1. The van der Waals surface area contributed by atoms with Gasteiger partial charge in [-0.3, -0.25) is 4.79 Å². The summed E-state index contributed by atoms with van der Waals surface area (Å²) in [5.74, 6) is -1.18. The van der Waals surface area contributed by atoms with Gasteiger partial charge in [-0.25, -0.2) is 9.78 Å². The molecule has 2 N–H and O–H groups in total. The van der Waals surface area contributed by atoms with Crippen LogP contribution in [-0.4, -0.2) is 22.0 Å². The Hall–Kier alpha value is -2.21. The number of benzene rings is 1. The summed E-state index contributed by atoms with van der Waals surface area (Å²) in [4.78, 5) is 27.7. The minimum Gasteiger partial charge on any atom is -0.477 e. The van der Waals surface area contributed by atoms with Crippen molar-refractivity contribution in [2.24, 2.45) is 0 Å². The summed E-state index contributed by atoms with van der Waals surface area (Å²) in [6.07, 6.45) is 1.51. The third kappa shape index (κ3) is 4.14. The van der Waals surface area contributed by atoms with Gasteiger partial charge in [0, 0.05) is 5.69 Å². The van der Waals surface area contributed by atoms with E-state index in [4.69, 9.17) is 0 Å². The molecule has 0 unspecified atom stereocenters. The third-order valence-corrected chi connectivity index (χ3v) is 4.16. The van der Waals surface area contributed by atoms with Crippen LogP contribution in [0.2, 0.25) is 0 Å². The Bertz CT molecular complexity index is 677. The minimum atomic E-state index is -0.980. The van der Waals surface area contributed by atoms with Gasteiger partial charge in [0.05, 0.1) is 12.1 Å². The number of aromatic nitrogens is 1. The molecule has 0 aliphatic heterocycles. The van der Waals surface area contributed by atoms with E-state index in [1.165, 1.54) is 0 Å². The Morgan fingerprint density at radius 2 is 1.95 bits per heavy atom. The first-order valence-electron chi connectivity index (χ1n) is 7.08. The zero-order valence-corrected chi connectivity index (χ0v) is 13.4. The molecule has 2 aromatic rings. The first kappa shape index (κ1) is 16.2. The van der Waals surface area contributed by atoms with E-state index in [-0.39, 0.29) is 17.2 Å². The number of thiazole rings is 1. The van der Waals surface area contributed by atoms with Gasteiger partial charge in [0.1, 0.15) is 9.88 Å². The smallest absolute Gasteiger partial charge is 0.347 e. The second kappa shape index (κ2) is 7.17. The van der Waals surface area contributed by atoms with Gasteiger partial charge in [-0.2, -0.15) is 0 Å². The lowest BCUT2D eigenvalue weighted by Crippen LogP contribution is -2.14. The minimum absolute atomic E-state index is 0.0859. The molecule has 0 saturated carbocycles. The summed E-state index contributed by atoms with van der Waals surface area (Å²) in [5.41, 5.74) is 2.41. The average Bonchev–Trinajstić information content (AvgIpc) is 2.84. The third-order valence-electron chi connectivity index (χ3n) is 3.07. The van der Waals surface area contributed by atoms with Crippen LogP contribution in [0.3, 0.4) is 0 Å². The Morgan fingerprint density at radius 3 is 2.55 bits per heavy atom. The lowest BCUT2D eigenvalue weighted by Gasteiger charge is -2.04. The van der Waals surface area contributed by atoms with Crippen LogP contribution in [0.15, 0.2) is 24.3 Å². The molecule has 0 aliphatic rings. The van der Waals surface area contributed by atoms with Crippen molar-refractivity contribution in [3.8, 4) is 0 Å². The number of aromatic carboxylic acids is 1. The molecular weight excluding hydrogens is 300 g/mol. The lowest BCUT2D eigenvalue weighted by molar-refractivity contribution is -0.115. The SMILES string of the molecule is CCCc1nc(CC(=O)Nc2ccc(C)cc2)sc1C(=O)O. The number of carboxylic acid groups (broad SMARTS) is 1. The zero-order valence-electron chi connectivity index (χ0n) is 12.5. The normalized spacial score (nSPS) is 10.5. The Balaban J connectivity index is 2.06. The number of anilines is 1. The van der Waals surface area contributed by atoms with Crippen LogP contribution in [0.4, 0.5) is 5.69 Å². The maximum atomic E-state index is 12.0. The van der Waals surface area contributed by atoms with E-state index >= 15 is 0 Å². The predicted octanol–water partition coefficient (Wildman–Crippen LogP) is 3.28. The van der Waals surface area contributed by atoms with Crippen molar-refractivity contribution >= 4 is 28.9 Å². The van der Waals surface area contributed by atoms with E-state index in [2.05, 4.69) is 10.3 Å². The molecule has 116 valence electrons. The molecule has 5 nitrogen and oxygen atoms in total. The Morgan fingerprint density at radius 1 is 1.27 bits per heavy atom. The van der Waals surface area contributed by atoms with Crippen molar-refractivity contribution in [3.05, 3.63) is 45.4 Å². The van der Waals surface area contributed by atoms with Crippen LogP contribution in [0, 0.1) is 6.92 Å². The molecule has 22 heavy (non-hydrogen) atoms. The van der Waals surface area contributed by atoms with Crippen molar-refractivity contribution in [3.63, 3.8) is 0 Å². The first-order chi connectivity index (χ1) is 10.5. The summed E-state index contributed by atoms with van der Waals surface area (Å²) >= 11 is 1.08. The van der Waals surface area contributed by atoms with E-state index in [1.54, 1.807) is 0 Å². The Labute approximate surface area is 133 Å². The summed E-state index contributed by atoms with van der Waals surface area (Å²) in [7, 11) is 0. The molecule has 1 aromatic carbocycles. The number of hydrogen-bond acceptors (Lipinski definition) is 4. The Kier molecular flexibility index (Phi) is 5.27. The number of rotatable bonds is 6. The van der Waals surface area contributed by atoms with Crippen molar-refractivity contribution in [1.82, 2.24) is 4.98 Å². The van der Waals surface area contributed by atoms with Gasteiger partial charge in [-0.1, -0.05) is 31.0 Å². The summed E-state index contributed by atoms with van der Waals surface area (Å²) in [6, 6.07) is 7.50. The molecule has 0 aliphatic carbocycles. The number of nitrogens with one attached hydrogen (secondary N) is 1. The number of hydrogen-bond donors (Lipinski definition) is 2. The number of aryl methyl sites for hydroxylation is 2. The standard InChI is InChI=1S/C16H18N2O3S/c1-3-4-12-15(16(20)21)22-14(18-12)9-13(19)17-11-7-5-10(2)6-8-11/h5-8H,3-4,9H2,1-2H3,(H,17,19)(H,20,21). The molecule has 0 atom stereocenters. The molecule has 1 amide bonds. The van der Waals surface area contributed by atoms with Crippen LogP contribution in [0.1, 0.15) is 39.3 Å². The molecule has 0 bridgehead atoms.